The van der Waals surface area contributed by atoms with Crippen LogP contribution in [0.25, 0.3) is 11.1 Å². The van der Waals surface area contributed by atoms with Gasteiger partial charge in [0, 0.05) is 37.1 Å². The Morgan fingerprint density at radius 1 is 1.29 bits per heavy atom. The molecule has 1 aromatic carbocycles. The number of hydrogen-bond donors (Lipinski definition) is 1. The maximum atomic E-state index is 12.8. The Morgan fingerprint density at radius 3 is 2.86 bits per heavy atom. The third kappa shape index (κ3) is 3.66. The van der Waals surface area contributed by atoms with Crippen LogP contribution in [0.5, 0.6) is 5.75 Å². The molecular formula is C20H22N6O2. The zero-order valence-corrected chi connectivity index (χ0v) is 15.7. The zero-order chi connectivity index (χ0) is 19.5. The second-order valence-corrected chi connectivity index (χ2v) is 6.78. The largest absolute Gasteiger partial charge is 0.484 e. The van der Waals surface area contributed by atoms with Gasteiger partial charge in [-0.15, -0.1) is 0 Å². The zero-order valence-electron chi connectivity index (χ0n) is 15.7. The molecule has 3 aromatic rings. The molecule has 3 heterocycles. The number of ether oxygens (including phenoxy) is 1. The molecule has 144 valence electrons. The van der Waals surface area contributed by atoms with Crippen molar-refractivity contribution in [1.29, 1.82) is 0 Å². The average molecular weight is 378 g/mol. The van der Waals surface area contributed by atoms with Gasteiger partial charge in [0.05, 0.1) is 17.9 Å². The predicted octanol–water partition coefficient (Wildman–Crippen LogP) is 2.20. The summed E-state index contributed by atoms with van der Waals surface area (Å²) in [6.45, 7) is 0.654. The molecule has 2 N–H and O–H groups in total. The van der Waals surface area contributed by atoms with Gasteiger partial charge in [-0.25, -0.2) is 9.97 Å². The summed E-state index contributed by atoms with van der Waals surface area (Å²) in [5.74, 6) is 0.803. The van der Waals surface area contributed by atoms with Gasteiger partial charge in [-0.2, -0.15) is 5.10 Å². The highest BCUT2D eigenvalue weighted by molar-refractivity contribution is 5.79. The lowest BCUT2D eigenvalue weighted by molar-refractivity contribution is -0.134. The van der Waals surface area contributed by atoms with Crippen molar-refractivity contribution >= 4 is 11.9 Å². The van der Waals surface area contributed by atoms with E-state index in [1.807, 2.05) is 48.5 Å². The van der Waals surface area contributed by atoms with Gasteiger partial charge in [0.1, 0.15) is 5.75 Å². The van der Waals surface area contributed by atoms with Crippen LogP contribution < -0.4 is 10.5 Å². The molecule has 1 amide bonds. The van der Waals surface area contributed by atoms with Crippen molar-refractivity contribution in [3.05, 3.63) is 54.6 Å². The number of nitrogens with two attached hydrogens (primary N) is 1. The first-order valence-corrected chi connectivity index (χ1v) is 9.20. The number of nitrogen functional groups attached to an aromatic ring is 1. The second kappa shape index (κ2) is 7.67. The fourth-order valence-corrected chi connectivity index (χ4v) is 3.54. The topological polar surface area (TPSA) is 99.2 Å². The van der Waals surface area contributed by atoms with Crippen LogP contribution in [0.3, 0.4) is 0 Å². The van der Waals surface area contributed by atoms with E-state index < -0.39 is 0 Å². The Balaban J connectivity index is 1.58. The number of carbonyl (C=O) groups excluding carboxylic acids is 1. The molecule has 0 spiro atoms. The van der Waals surface area contributed by atoms with Crippen LogP contribution in [0.15, 0.2) is 48.9 Å². The first-order valence-electron chi connectivity index (χ1n) is 9.20. The molecule has 0 radical (unpaired) electrons. The molecule has 8 heteroatoms. The minimum absolute atomic E-state index is 0.0106. The summed E-state index contributed by atoms with van der Waals surface area (Å²) in [4.78, 5) is 23.3. The predicted molar refractivity (Wildman–Crippen MR) is 104 cm³/mol. The Hall–Kier alpha value is -3.42. The van der Waals surface area contributed by atoms with Crippen LogP contribution in [0.4, 0.5) is 5.95 Å². The highest BCUT2D eigenvalue weighted by Crippen LogP contribution is 2.36. The molecule has 1 fully saturated rings. The Morgan fingerprint density at radius 2 is 2.11 bits per heavy atom. The molecule has 2 aromatic heterocycles. The number of hydrogen-bond acceptors (Lipinski definition) is 6. The summed E-state index contributed by atoms with van der Waals surface area (Å²) < 4.78 is 7.37. The third-order valence-corrected chi connectivity index (χ3v) is 4.85. The number of carbonyl (C=O) groups is 1. The number of benzene rings is 1. The molecule has 1 aliphatic heterocycles. The maximum absolute atomic E-state index is 12.8. The monoisotopic (exact) mass is 378 g/mol. The van der Waals surface area contributed by atoms with E-state index in [1.54, 1.807) is 17.1 Å². The standard InChI is InChI=1S/C20H22N6O2/c1-25-12-14(10-23-25)16-11-22-20(21)24-19(16)17-8-5-9-26(17)18(27)13-28-15-6-3-2-4-7-15/h2-4,6-7,10-12,17H,5,8-9,13H2,1H3,(H2,21,22,24)/t17-/m1/s1. The fraction of sp³-hybridized carbons (Fsp3) is 0.300. The van der Waals surface area contributed by atoms with E-state index in [0.29, 0.717) is 12.3 Å². The van der Waals surface area contributed by atoms with Crippen LogP contribution in [0, 0.1) is 0 Å². The van der Waals surface area contributed by atoms with Crippen molar-refractivity contribution in [2.45, 2.75) is 18.9 Å². The number of amides is 1. The molecule has 4 rings (SSSR count). The van der Waals surface area contributed by atoms with Gasteiger partial charge in [0.25, 0.3) is 5.91 Å². The quantitative estimate of drug-likeness (QED) is 0.731. The molecule has 1 aliphatic rings. The highest BCUT2D eigenvalue weighted by atomic mass is 16.5. The minimum Gasteiger partial charge on any atom is -0.484 e. The van der Waals surface area contributed by atoms with E-state index in [9.17, 15) is 4.79 Å². The molecule has 0 bridgehead atoms. The van der Waals surface area contributed by atoms with Crippen molar-refractivity contribution < 1.29 is 9.53 Å². The molecule has 1 saturated heterocycles. The van der Waals surface area contributed by atoms with Crippen molar-refractivity contribution in [2.75, 3.05) is 18.9 Å². The number of anilines is 1. The molecule has 8 nitrogen and oxygen atoms in total. The highest BCUT2D eigenvalue weighted by Gasteiger charge is 2.33. The number of aromatic nitrogens is 4. The van der Waals surface area contributed by atoms with Crippen molar-refractivity contribution in [3.63, 3.8) is 0 Å². The minimum atomic E-state index is -0.160. The van der Waals surface area contributed by atoms with Gasteiger partial charge < -0.3 is 15.4 Å². The molecule has 0 aliphatic carbocycles. The third-order valence-electron chi connectivity index (χ3n) is 4.85. The Kier molecular flexibility index (Phi) is 4.92. The van der Waals surface area contributed by atoms with Crippen LogP contribution in [0.1, 0.15) is 24.6 Å². The number of likely N-dealkylation sites (tertiary alicyclic amines) is 1. The van der Waals surface area contributed by atoms with Crippen LogP contribution in [-0.2, 0) is 11.8 Å². The van der Waals surface area contributed by atoms with Gasteiger partial charge in [-0.3, -0.25) is 9.48 Å². The van der Waals surface area contributed by atoms with Gasteiger partial charge in [0.2, 0.25) is 5.95 Å². The summed E-state index contributed by atoms with van der Waals surface area (Å²) in [5.41, 5.74) is 8.36. The van der Waals surface area contributed by atoms with Crippen LogP contribution in [-0.4, -0.2) is 43.7 Å². The Labute approximate surface area is 163 Å². The summed E-state index contributed by atoms with van der Waals surface area (Å²) in [6.07, 6.45) is 7.09. The molecular weight excluding hydrogens is 356 g/mol. The molecule has 0 unspecified atom stereocenters. The van der Waals surface area contributed by atoms with E-state index in [4.69, 9.17) is 10.5 Å². The lowest BCUT2D eigenvalue weighted by Crippen LogP contribution is -2.35. The number of aryl methyl sites for hydroxylation is 1. The summed E-state index contributed by atoms with van der Waals surface area (Å²) in [5, 5.41) is 4.23. The smallest absolute Gasteiger partial charge is 0.261 e. The molecule has 28 heavy (non-hydrogen) atoms. The lowest BCUT2D eigenvalue weighted by Gasteiger charge is -2.25. The maximum Gasteiger partial charge on any atom is 0.261 e. The lowest BCUT2D eigenvalue weighted by atomic mass is 10.0. The number of rotatable bonds is 5. The van der Waals surface area contributed by atoms with Crippen LogP contribution >= 0.6 is 0 Å². The number of nitrogens with zero attached hydrogens (tertiary/aromatic N) is 5. The van der Waals surface area contributed by atoms with E-state index in [-0.39, 0.29) is 24.5 Å². The normalized spacial score (nSPS) is 16.3. The van der Waals surface area contributed by atoms with E-state index in [2.05, 4.69) is 15.1 Å². The SMILES string of the molecule is Cn1cc(-c2cnc(N)nc2[C@H]2CCCN2C(=O)COc2ccccc2)cn1. The Bertz CT molecular complexity index is 972. The average Bonchev–Trinajstić information content (AvgIpc) is 3.36. The van der Waals surface area contributed by atoms with Gasteiger partial charge in [0.15, 0.2) is 6.61 Å². The molecule has 1 atom stereocenters. The van der Waals surface area contributed by atoms with Gasteiger partial charge >= 0.3 is 0 Å². The van der Waals surface area contributed by atoms with Gasteiger partial charge in [-0.1, -0.05) is 18.2 Å². The number of para-hydroxylation sites is 1. The summed E-state index contributed by atoms with van der Waals surface area (Å²) >= 11 is 0. The van der Waals surface area contributed by atoms with E-state index in [0.717, 1.165) is 29.7 Å². The van der Waals surface area contributed by atoms with Crippen molar-refractivity contribution in [1.82, 2.24) is 24.6 Å². The van der Waals surface area contributed by atoms with Crippen molar-refractivity contribution in [2.24, 2.45) is 7.05 Å². The van der Waals surface area contributed by atoms with E-state index >= 15 is 0 Å². The first kappa shape index (κ1) is 18.0. The summed E-state index contributed by atoms with van der Waals surface area (Å²) in [7, 11) is 1.85. The fourth-order valence-electron chi connectivity index (χ4n) is 3.54. The van der Waals surface area contributed by atoms with Gasteiger partial charge in [-0.05, 0) is 25.0 Å². The van der Waals surface area contributed by atoms with E-state index in [1.165, 1.54) is 0 Å². The second-order valence-electron chi connectivity index (χ2n) is 6.78. The summed E-state index contributed by atoms with van der Waals surface area (Å²) in [6, 6.07) is 9.17. The first-order chi connectivity index (χ1) is 13.6. The molecule has 0 saturated carbocycles. The van der Waals surface area contributed by atoms with Crippen molar-refractivity contribution in [3.8, 4) is 16.9 Å². The van der Waals surface area contributed by atoms with Crippen LogP contribution in [0.2, 0.25) is 0 Å².